The van der Waals surface area contributed by atoms with Crippen LogP contribution in [0.15, 0.2) is 25.3 Å². The van der Waals surface area contributed by atoms with Gasteiger partial charge in [0.2, 0.25) is 5.91 Å². The fourth-order valence-corrected chi connectivity index (χ4v) is 1.88. The van der Waals surface area contributed by atoms with Crippen molar-refractivity contribution in [3.8, 4) is 0 Å². The van der Waals surface area contributed by atoms with Crippen LogP contribution >= 0.6 is 0 Å². The number of hydrogen-bond donors (Lipinski definition) is 2. The second-order valence-electron chi connectivity index (χ2n) is 4.79. The normalized spacial score (nSPS) is 13.9. The van der Waals surface area contributed by atoms with E-state index in [1.54, 1.807) is 12.2 Å². The first kappa shape index (κ1) is 17.4. The fourth-order valence-electron chi connectivity index (χ4n) is 1.88. The van der Waals surface area contributed by atoms with E-state index in [4.69, 9.17) is 5.11 Å². The molecule has 5 nitrogen and oxygen atoms in total. The summed E-state index contributed by atoms with van der Waals surface area (Å²) in [6, 6.07) is -1.30. The van der Waals surface area contributed by atoms with Crippen LogP contribution in [0.1, 0.15) is 20.8 Å². The first-order valence-corrected chi connectivity index (χ1v) is 6.34. The van der Waals surface area contributed by atoms with Gasteiger partial charge in [0.05, 0.1) is 6.04 Å². The summed E-state index contributed by atoms with van der Waals surface area (Å²) >= 11 is 0. The number of carboxylic acid groups (broad SMARTS) is 1. The summed E-state index contributed by atoms with van der Waals surface area (Å²) < 4.78 is 0. The number of rotatable bonds is 9. The van der Waals surface area contributed by atoms with Crippen molar-refractivity contribution in [3.05, 3.63) is 25.3 Å². The monoisotopic (exact) mass is 268 g/mol. The van der Waals surface area contributed by atoms with E-state index in [0.29, 0.717) is 13.1 Å². The van der Waals surface area contributed by atoms with Crippen molar-refractivity contribution in [3.63, 3.8) is 0 Å². The number of hydrogen-bond acceptors (Lipinski definition) is 3. The molecule has 19 heavy (non-hydrogen) atoms. The molecule has 0 saturated heterocycles. The zero-order valence-corrected chi connectivity index (χ0v) is 11.9. The van der Waals surface area contributed by atoms with E-state index < -0.39 is 18.1 Å². The lowest BCUT2D eigenvalue weighted by molar-refractivity contribution is -0.142. The van der Waals surface area contributed by atoms with Crippen molar-refractivity contribution in [2.75, 3.05) is 13.1 Å². The number of nitrogens with one attached hydrogen (secondary N) is 1. The van der Waals surface area contributed by atoms with Gasteiger partial charge in [-0.15, -0.1) is 13.2 Å². The highest BCUT2D eigenvalue weighted by molar-refractivity contribution is 5.86. The van der Waals surface area contributed by atoms with Gasteiger partial charge in [0.15, 0.2) is 0 Å². The standard InChI is InChI=1S/C14H24N2O3/c1-6-8-16(9-7-2)12(10(3)4)13(17)15-11(5)14(18)19/h6-7,10-12H,1-2,8-9H2,3-5H3,(H,15,17)(H,18,19). The van der Waals surface area contributed by atoms with Crippen molar-refractivity contribution in [2.24, 2.45) is 5.92 Å². The molecule has 0 rings (SSSR count). The summed E-state index contributed by atoms with van der Waals surface area (Å²) in [6.45, 7) is 13.7. The maximum atomic E-state index is 12.2. The van der Waals surface area contributed by atoms with Crippen LogP contribution in [0.5, 0.6) is 0 Å². The molecule has 5 heteroatoms. The SMILES string of the molecule is C=CCN(CC=C)C(C(=O)NC(C)C(=O)O)C(C)C. The molecule has 0 aliphatic heterocycles. The zero-order valence-electron chi connectivity index (χ0n) is 11.9. The Hall–Kier alpha value is -1.62. The summed E-state index contributed by atoms with van der Waals surface area (Å²) in [5.41, 5.74) is 0. The van der Waals surface area contributed by atoms with Crippen molar-refractivity contribution >= 4 is 11.9 Å². The summed E-state index contributed by atoms with van der Waals surface area (Å²) in [7, 11) is 0. The Labute approximate surface area is 115 Å². The molecule has 0 fully saturated rings. The minimum atomic E-state index is -1.05. The van der Waals surface area contributed by atoms with E-state index in [9.17, 15) is 9.59 Å². The van der Waals surface area contributed by atoms with Crippen LogP contribution in [0.2, 0.25) is 0 Å². The van der Waals surface area contributed by atoms with E-state index in [0.717, 1.165) is 0 Å². The summed E-state index contributed by atoms with van der Waals surface area (Å²) in [4.78, 5) is 24.9. The second-order valence-corrected chi connectivity index (χ2v) is 4.79. The third kappa shape index (κ3) is 5.70. The Kier molecular flexibility index (Phi) is 7.75. The Morgan fingerprint density at radius 3 is 2.00 bits per heavy atom. The van der Waals surface area contributed by atoms with Crippen LogP contribution in [0.25, 0.3) is 0 Å². The minimum Gasteiger partial charge on any atom is -0.480 e. The quantitative estimate of drug-likeness (QED) is 0.618. The summed E-state index contributed by atoms with van der Waals surface area (Å²) in [5, 5.41) is 11.3. The molecule has 0 spiro atoms. The Morgan fingerprint density at radius 1 is 1.21 bits per heavy atom. The molecule has 0 aliphatic carbocycles. The van der Waals surface area contributed by atoms with Gasteiger partial charge in [-0.05, 0) is 12.8 Å². The third-order valence-corrected chi connectivity index (χ3v) is 2.75. The van der Waals surface area contributed by atoms with E-state index >= 15 is 0 Å². The highest BCUT2D eigenvalue weighted by atomic mass is 16.4. The van der Waals surface area contributed by atoms with Crippen molar-refractivity contribution in [2.45, 2.75) is 32.9 Å². The molecule has 0 aromatic rings. The van der Waals surface area contributed by atoms with Gasteiger partial charge in [0.25, 0.3) is 0 Å². The van der Waals surface area contributed by atoms with Gasteiger partial charge in [-0.1, -0.05) is 26.0 Å². The van der Waals surface area contributed by atoms with E-state index in [-0.39, 0.29) is 11.8 Å². The molecule has 2 atom stereocenters. The maximum Gasteiger partial charge on any atom is 0.325 e. The molecule has 2 N–H and O–H groups in total. The molecular weight excluding hydrogens is 244 g/mol. The van der Waals surface area contributed by atoms with Gasteiger partial charge in [-0.3, -0.25) is 14.5 Å². The highest BCUT2D eigenvalue weighted by Crippen LogP contribution is 2.12. The molecule has 0 heterocycles. The van der Waals surface area contributed by atoms with E-state index in [1.165, 1.54) is 6.92 Å². The summed E-state index contributed by atoms with van der Waals surface area (Å²) in [6.07, 6.45) is 3.43. The van der Waals surface area contributed by atoms with Crippen LogP contribution in [-0.2, 0) is 9.59 Å². The van der Waals surface area contributed by atoms with Gasteiger partial charge in [-0.2, -0.15) is 0 Å². The summed E-state index contributed by atoms with van der Waals surface area (Å²) in [5.74, 6) is -1.27. The number of aliphatic carboxylic acids is 1. The van der Waals surface area contributed by atoms with Gasteiger partial charge in [-0.25, -0.2) is 0 Å². The predicted molar refractivity (Wildman–Crippen MR) is 75.8 cm³/mol. The van der Waals surface area contributed by atoms with Crippen molar-refractivity contribution in [1.82, 2.24) is 10.2 Å². The third-order valence-electron chi connectivity index (χ3n) is 2.75. The highest BCUT2D eigenvalue weighted by Gasteiger charge is 2.29. The van der Waals surface area contributed by atoms with Gasteiger partial charge in [0.1, 0.15) is 6.04 Å². The molecule has 0 aromatic heterocycles. The maximum absolute atomic E-state index is 12.2. The molecular formula is C14H24N2O3. The van der Waals surface area contributed by atoms with Crippen LogP contribution in [0.4, 0.5) is 0 Å². The van der Waals surface area contributed by atoms with E-state index in [1.807, 2.05) is 18.7 Å². The average molecular weight is 268 g/mol. The van der Waals surface area contributed by atoms with Gasteiger partial charge >= 0.3 is 5.97 Å². The Bertz CT molecular complexity index is 330. The molecule has 0 bridgehead atoms. The number of carboxylic acids is 1. The lowest BCUT2D eigenvalue weighted by Gasteiger charge is -2.32. The van der Waals surface area contributed by atoms with Crippen molar-refractivity contribution in [1.29, 1.82) is 0 Å². The van der Waals surface area contributed by atoms with Crippen LogP contribution in [-0.4, -0.2) is 47.1 Å². The lowest BCUT2D eigenvalue weighted by Crippen LogP contribution is -2.53. The molecule has 108 valence electrons. The fraction of sp³-hybridized carbons (Fsp3) is 0.571. The molecule has 0 aromatic carbocycles. The number of carbonyl (C=O) groups is 2. The molecule has 1 amide bonds. The molecule has 0 radical (unpaired) electrons. The zero-order chi connectivity index (χ0) is 15.0. The first-order chi connectivity index (χ1) is 8.84. The largest absolute Gasteiger partial charge is 0.480 e. The van der Waals surface area contributed by atoms with Crippen molar-refractivity contribution < 1.29 is 14.7 Å². The number of carbonyl (C=O) groups excluding carboxylic acids is 1. The molecule has 0 aliphatic rings. The molecule has 0 saturated carbocycles. The average Bonchev–Trinajstić information content (AvgIpc) is 2.28. The number of amides is 1. The van der Waals surface area contributed by atoms with Crippen LogP contribution < -0.4 is 5.32 Å². The van der Waals surface area contributed by atoms with Crippen LogP contribution in [0, 0.1) is 5.92 Å². The lowest BCUT2D eigenvalue weighted by atomic mass is 10.0. The predicted octanol–water partition coefficient (Wildman–Crippen LogP) is 1.27. The minimum absolute atomic E-state index is 0.0564. The number of nitrogens with zero attached hydrogens (tertiary/aromatic N) is 1. The molecule has 2 unspecified atom stereocenters. The van der Waals surface area contributed by atoms with Gasteiger partial charge < -0.3 is 10.4 Å². The van der Waals surface area contributed by atoms with Crippen LogP contribution in [0.3, 0.4) is 0 Å². The smallest absolute Gasteiger partial charge is 0.325 e. The first-order valence-electron chi connectivity index (χ1n) is 6.34. The topological polar surface area (TPSA) is 69.6 Å². The van der Waals surface area contributed by atoms with E-state index in [2.05, 4.69) is 18.5 Å². The Balaban J connectivity index is 4.95. The Morgan fingerprint density at radius 2 is 1.68 bits per heavy atom. The van der Waals surface area contributed by atoms with Gasteiger partial charge in [0, 0.05) is 13.1 Å². The second kappa shape index (κ2) is 8.48.